The molecule has 1 amide bonds. The van der Waals surface area contributed by atoms with E-state index in [1.165, 1.54) is 9.71 Å². The van der Waals surface area contributed by atoms with E-state index < -0.39 is 0 Å². The summed E-state index contributed by atoms with van der Waals surface area (Å²) in [6.45, 7) is 2.52. The van der Waals surface area contributed by atoms with E-state index in [1.807, 2.05) is 11.0 Å². The fourth-order valence-corrected chi connectivity index (χ4v) is 4.71. The van der Waals surface area contributed by atoms with E-state index in [-0.39, 0.29) is 12.0 Å². The molecule has 2 aliphatic heterocycles. The SMILES string of the molecule is O=C(C[C@H]1CCCO1)N1CCC(c2nc3ccccc3s2)CC1. The zero-order valence-electron chi connectivity index (χ0n) is 13.2. The smallest absolute Gasteiger partial charge is 0.225 e. The molecule has 0 bridgehead atoms. The minimum atomic E-state index is 0.157. The standard InChI is InChI=1S/C18H22N2O2S/c21-17(12-14-4-3-11-22-14)20-9-7-13(8-10-20)18-19-15-5-1-2-6-16(15)23-18/h1-2,5-6,13-14H,3-4,7-12H2/t14-/m1/s1. The van der Waals surface area contributed by atoms with Gasteiger partial charge in [-0.1, -0.05) is 12.1 Å². The van der Waals surface area contributed by atoms with Gasteiger partial charge in [-0.25, -0.2) is 4.98 Å². The third-order valence-corrected chi connectivity index (χ3v) is 6.13. The molecular formula is C18H22N2O2S. The molecule has 1 aromatic heterocycles. The van der Waals surface area contributed by atoms with Crippen molar-refractivity contribution >= 4 is 27.5 Å². The Kier molecular flexibility index (Phi) is 4.31. The number of aromatic nitrogens is 1. The predicted molar refractivity (Wildman–Crippen MR) is 91.8 cm³/mol. The van der Waals surface area contributed by atoms with Crippen molar-refractivity contribution in [1.82, 2.24) is 9.88 Å². The molecule has 2 aromatic rings. The lowest BCUT2D eigenvalue weighted by Crippen LogP contribution is -2.39. The molecular weight excluding hydrogens is 308 g/mol. The van der Waals surface area contributed by atoms with Crippen molar-refractivity contribution in [1.29, 1.82) is 0 Å². The van der Waals surface area contributed by atoms with Crippen LogP contribution in [0.4, 0.5) is 0 Å². The van der Waals surface area contributed by atoms with Crippen LogP contribution in [0.1, 0.15) is 43.0 Å². The topological polar surface area (TPSA) is 42.4 Å². The number of fused-ring (bicyclic) bond motifs is 1. The number of hydrogen-bond donors (Lipinski definition) is 0. The monoisotopic (exact) mass is 330 g/mol. The maximum absolute atomic E-state index is 12.4. The zero-order chi connectivity index (χ0) is 15.6. The van der Waals surface area contributed by atoms with Gasteiger partial charge in [0.25, 0.3) is 0 Å². The van der Waals surface area contributed by atoms with E-state index in [0.29, 0.717) is 12.3 Å². The molecule has 122 valence electrons. The first kappa shape index (κ1) is 15.1. The average Bonchev–Trinajstić information content (AvgIpc) is 3.24. The number of hydrogen-bond acceptors (Lipinski definition) is 4. The highest BCUT2D eigenvalue weighted by Gasteiger charge is 2.28. The number of nitrogens with zero attached hydrogens (tertiary/aromatic N) is 2. The number of carbonyl (C=O) groups excluding carboxylic acids is 1. The summed E-state index contributed by atoms with van der Waals surface area (Å²) in [5.74, 6) is 0.763. The number of carbonyl (C=O) groups is 1. The van der Waals surface area contributed by atoms with Crippen molar-refractivity contribution in [2.75, 3.05) is 19.7 Å². The quantitative estimate of drug-likeness (QED) is 0.864. The molecule has 0 saturated carbocycles. The van der Waals surface area contributed by atoms with Gasteiger partial charge < -0.3 is 9.64 Å². The van der Waals surface area contributed by atoms with E-state index in [9.17, 15) is 4.79 Å². The number of rotatable bonds is 3. The fraction of sp³-hybridized carbons (Fsp3) is 0.556. The Morgan fingerprint density at radius 3 is 2.83 bits per heavy atom. The highest BCUT2D eigenvalue weighted by molar-refractivity contribution is 7.18. The van der Waals surface area contributed by atoms with Gasteiger partial charge >= 0.3 is 0 Å². The summed E-state index contributed by atoms with van der Waals surface area (Å²) < 4.78 is 6.85. The minimum Gasteiger partial charge on any atom is -0.378 e. The summed E-state index contributed by atoms with van der Waals surface area (Å²) in [5, 5.41) is 1.23. The number of para-hydroxylation sites is 1. The second kappa shape index (κ2) is 6.57. The first-order valence-corrected chi connectivity index (χ1v) is 9.36. The highest BCUT2D eigenvalue weighted by atomic mass is 32.1. The molecule has 0 aliphatic carbocycles. The molecule has 2 aliphatic rings. The molecule has 2 saturated heterocycles. The summed E-state index contributed by atoms with van der Waals surface area (Å²) >= 11 is 1.81. The van der Waals surface area contributed by atoms with Crippen LogP contribution < -0.4 is 0 Å². The second-order valence-electron chi connectivity index (χ2n) is 6.51. The maximum atomic E-state index is 12.4. The third-order valence-electron chi connectivity index (χ3n) is 4.93. The minimum absolute atomic E-state index is 0.157. The number of amides is 1. The Bertz CT molecular complexity index is 652. The van der Waals surface area contributed by atoms with Gasteiger partial charge in [0.2, 0.25) is 5.91 Å². The van der Waals surface area contributed by atoms with Crippen molar-refractivity contribution in [3.63, 3.8) is 0 Å². The van der Waals surface area contributed by atoms with Gasteiger partial charge in [-0.05, 0) is 37.8 Å². The number of ether oxygens (including phenoxy) is 1. The summed E-state index contributed by atoms with van der Waals surface area (Å²) in [4.78, 5) is 19.2. The molecule has 0 radical (unpaired) electrons. The van der Waals surface area contributed by atoms with Crippen LogP contribution in [-0.4, -0.2) is 41.6 Å². The van der Waals surface area contributed by atoms with Crippen LogP contribution in [0.15, 0.2) is 24.3 Å². The molecule has 23 heavy (non-hydrogen) atoms. The van der Waals surface area contributed by atoms with E-state index >= 15 is 0 Å². The fourth-order valence-electron chi connectivity index (χ4n) is 3.57. The summed E-state index contributed by atoms with van der Waals surface area (Å²) in [5.41, 5.74) is 1.10. The molecule has 0 N–H and O–H groups in total. The highest BCUT2D eigenvalue weighted by Crippen LogP contribution is 2.34. The van der Waals surface area contributed by atoms with Gasteiger partial charge in [0.1, 0.15) is 0 Å². The van der Waals surface area contributed by atoms with Crippen molar-refractivity contribution in [2.24, 2.45) is 0 Å². The maximum Gasteiger partial charge on any atom is 0.225 e. The Balaban J connectivity index is 1.35. The Morgan fingerprint density at radius 2 is 2.09 bits per heavy atom. The van der Waals surface area contributed by atoms with Gasteiger partial charge in [-0.15, -0.1) is 11.3 Å². The van der Waals surface area contributed by atoms with Crippen LogP contribution in [0.2, 0.25) is 0 Å². The van der Waals surface area contributed by atoms with Crippen LogP contribution in [0.25, 0.3) is 10.2 Å². The molecule has 0 unspecified atom stereocenters. The lowest BCUT2D eigenvalue weighted by molar-refractivity contribution is -0.134. The van der Waals surface area contributed by atoms with Crippen LogP contribution in [-0.2, 0) is 9.53 Å². The van der Waals surface area contributed by atoms with Crippen LogP contribution in [0, 0.1) is 0 Å². The number of likely N-dealkylation sites (tertiary alicyclic amines) is 1. The van der Waals surface area contributed by atoms with Crippen molar-refractivity contribution in [3.8, 4) is 0 Å². The van der Waals surface area contributed by atoms with Gasteiger partial charge in [-0.2, -0.15) is 0 Å². The Labute approximate surface area is 140 Å². The first-order valence-electron chi connectivity index (χ1n) is 8.54. The summed E-state index contributed by atoms with van der Waals surface area (Å²) in [6.07, 6.45) is 4.90. The molecule has 4 nitrogen and oxygen atoms in total. The van der Waals surface area contributed by atoms with Gasteiger partial charge in [0.05, 0.1) is 27.7 Å². The van der Waals surface area contributed by atoms with Crippen molar-refractivity contribution < 1.29 is 9.53 Å². The Hall–Kier alpha value is -1.46. The molecule has 0 spiro atoms. The lowest BCUT2D eigenvalue weighted by Gasteiger charge is -2.31. The van der Waals surface area contributed by atoms with Gasteiger partial charge in [-0.3, -0.25) is 4.79 Å². The normalized spacial score (nSPS) is 22.8. The predicted octanol–water partition coefficient (Wildman–Crippen LogP) is 3.57. The second-order valence-corrected chi connectivity index (χ2v) is 7.58. The third kappa shape index (κ3) is 3.26. The summed E-state index contributed by atoms with van der Waals surface area (Å²) in [7, 11) is 0. The van der Waals surface area contributed by atoms with E-state index in [4.69, 9.17) is 9.72 Å². The van der Waals surface area contributed by atoms with E-state index in [1.54, 1.807) is 11.3 Å². The summed E-state index contributed by atoms with van der Waals surface area (Å²) in [6, 6.07) is 8.32. The van der Waals surface area contributed by atoms with Gasteiger partial charge in [0, 0.05) is 25.6 Å². The number of piperidine rings is 1. The first-order chi connectivity index (χ1) is 11.3. The van der Waals surface area contributed by atoms with Crippen LogP contribution >= 0.6 is 11.3 Å². The van der Waals surface area contributed by atoms with Gasteiger partial charge in [0.15, 0.2) is 0 Å². The zero-order valence-corrected chi connectivity index (χ0v) is 14.1. The molecule has 3 heterocycles. The molecule has 1 atom stereocenters. The lowest BCUT2D eigenvalue weighted by atomic mass is 9.97. The number of thiazole rings is 1. The van der Waals surface area contributed by atoms with Crippen molar-refractivity contribution in [3.05, 3.63) is 29.3 Å². The largest absolute Gasteiger partial charge is 0.378 e. The Morgan fingerprint density at radius 1 is 1.26 bits per heavy atom. The van der Waals surface area contributed by atoms with Crippen LogP contribution in [0.5, 0.6) is 0 Å². The van der Waals surface area contributed by atoms with Crippen molar-refractivity contribution in [2.45, 2.75) is 44.1 Å². The van der Waals surface area contributed by atoms with Crippen LogP contribution in [0.3, 0.4) is 0 Å². The van der Waals surface area contributed by atoms with E-state index in [2.05, 4.69) is 18.2 Å². The molecule has 5 heteroatoms. The molecule has 1 aromatic carbocycles. The average molecular weight is 330 g/mol. The molecule has 2 fully saturated rings. The van der Waals surface area contributed by atoms with E-state index in [0.717, 1.165) is 50.9 Å². The molecule has 4 rings (SSSR count). The number of benzene rings is 1.